The second kappa shape index (κ2) is 10.7. The van der Waals surface area contributed by atoms with Crippen LogP contribution in [0.2, 0.25) is 0 Å². The number of benzene rings is 4. The van der Waals surface area contributed by atoms with Gasteiger partial charge in [-0.1, -0.05) is 104 Å². The molecule has 0 N–H and O–H groups in total. The molecule has 0 aromatic heterocycles. The Morgan fingerprint density at radius 2 is 1.31 bits per heavy atom. The Balaban J connectivity index is 1.29. The van der Waals surface area contributed by atoms with Crippen LogP contribution in [-0.2, 0) is 4.79 Å². The van der Waals surface area contributed by atoms with Crippen LogP contribution < -0.4 is 4.74 Å². The highest BCUT2D eigenvalue weighted by molar-refractivity contribution is 5.89. The van der Waals surface area contributed by atoms with E-state index in [0.29, 0.717) is 19.5 Å². The maximum atomic E-state index is 13.5. The van der Waals surface area contributed by atoms with Crippen molar-refractivity contribution in [3.05, 3.63) is 114 Å². The Morgan fingerprint density at radius 1 is 0.743 bits per heavy atom. The topological polar surface area (TPSA) is 32.8 Å². The molecule has 4 aromatic rings. The van der Waals surface area contributed by atoms with Crippen molar-refractivity contribution in [1.29, 1.82) is 0 Å². The van der Waals surface area contributed by atoms with E-state index in [-0.39, 0.29) is 11.9 Å². The molecule has 0 aliphatic carbocycles. The van der Waals surface area contributed by atoms with Crippen molar-refractivity contribution in [2.24, 2.45) is 0 Å². The standard InChI is InChI=1S/C31H32N2O2/c1-2-28(35-29-19-11-17-24-12-9-10-18-27(24)29)31(34)33-22-20-32(21-23-33)30(25-13-5-3-6-14-25)26-15-7-4-8-16-26/h3-19,28,30H,2,20-23H2,1H3. The average molecular weight is 465 g/mol. The van der Waals surface area contributed by atoms with Gasteiger partial charge in [-0.25, -0.2) is 0 Å². The van der Waals surface area contributed by atoms with E-state index in [1.807, 2.05) is 42.2 Å². The van der Waals surface area contributed by atoms with Crippen LogP contribution in [0.5, 0.6) is 5.75 Å². The van der Waals surface area contributed by atoms with Crippen LogP contribution >= 0.6 is 0 Å². The van der Waals surface area contributed by atoms with Gasteiger partial charge in [0.1, 0.15) is 5.75 Å². The monoisotopic (exact) mass is 464 g/mol. The highest BCUT2D eigenvalue weighted by Gasteiger charge is 2.31. The molecule has 1 fully saturated rings. The summed E-state index contributed by atoms with van der Waals surface area (Å²) in [5.74, 6) is 0.853. The van der Waals surface area contributed by atoms with Gasteiger partial charge in [-0.05, 0) is 29.0 Å². The van der Waals surface area contributed by atoms with E-state index in [0.717, 1.165) is 29.6 Å². The van der Waals surface area contributed by atoms with Gasteiger partial charge < -0.3 is 9.64 Å². The van der Waals surface area contributed by atoms with Crippen LogP contribution in [0.15, 0.2) is 103 Å². The third-order valence-corrected chi connectivity index (χ3v) is 6.89. The summed E-state index contributed by atoms with van der Waals surface area (Å²) in [4.78, 5) is 17.9. The lowest BCUT2D eigenvalue weighted by molar-refractivity contribution is -0.140. The molecule has 1 amide bonds. The molecule has 4 heteroatoms. The second-order valence-corrected chi connectivity index (χ2v) is 9.08. The Hall–Kier alpha value is -3.63. The summed E-state index contributed by atoms with van der Waals surface area (Å²) in [5.41, 5.74) is 2.56. The van der Waals surface area contributed by atoms with E-state index in [9.17, 15) is 4.79 Å². The number of ether oxygens (including phenoxy) is 1. The number of hydrogen-bond donors (Lipinski definition) is 0. The van der Waals surface area contributed by atoms with Gasteiger partial charge in [0.25, 0.3) is 5.91 Å². The van der Waals surface area contributed by atoms with Crippen LogP contribution in [0.1, 0.15) is 30.5 Å². The molecule has 1 unspecified atom stereocenters. The fraction of sp³-hybridized carbons (Fsp3) is 0.258. The fourth-order valence-corrected chi connectivity index (χ4v) is 5.05. The van der Waals surface area contributed by atoms with Gasteiger partial charge in [0, 0.05) is 31.6 Å². The summed E-state index contributed by atoms with van der Waals surface area (Å²) in [5, 5.41) is 2.16. The SMILES string of the molecule is CCC(Oc1cccc2ccccc12)C(=O)N1CCN(C(c2ccccc2)c2ccccc2)CC1. The lowest BCUT2D eigenvalue weighted by atomic mass is 9.96. The molecular formula is C31H32N2O2. The zero-order valence-corrected chi connectivity index (χ0v) is 20.2. The van der Waals surface area contributed by atoms with Crippen molar-refractivity contribution in [1.82, 2.24) is 9.80 Å². The van der Waals surface area contributed by atoms with Crippen LogP contribution in [0.3, 0.4) is 0 Å². The van der Waals surface area contributed by atoms with Crippen LogP contribution in [0, 0.1) is 0 Å². The molecule has 35 heavy (non-hydrogen) atoms. The maximum Gasteiger partial charge on any atom is 0.263 e. The molecule has 1 aliphatic heterocycles. The third kappa shape index (κ3) is 5.08. The summed E-state index contributed by atoms with van der Waals surface area (Å²) in [6, 6.07) is 35.6. The van der Waals surface area contributed by atoms with Crippen molar-refractivity contribution in [3.8, 4) is 5.75 Å². The summed E-state index contributed by atoms with van der Waals surface area (Å²) in [7, 11) is 0. The first-order valence-corrected chi connectivity index (χ1v) is 12.5. The van der Waals surface area contributed by atoms with Crippen molar-refractivity contribution < 1.29 is 9.53 Å². The molecule has 1 saturated heterocycles. The highest BCUT2D eigenvalue weighted by Crippen LogP contribution is 2.30. The Bertz CT molecular complexity index is 1210. The minimum atomic E-state index is -0.480. The number of nitrogens with zero attached hydrogens (tertiary/aromatic N) is 2. The molecule has 4 nitrogen and oxygen atoms in total. The summed E-state index contributed by atoms with van der Waals surface area (Å²) in [6.07, 6.45) is 0.158. The predicted octanol–water partition coefficient (Wildman–Crippen LogP) is 5.93. The molecule has 4 aromatic carbocycles. The Kier molecular flexibility index (Phi) is 7.10. The predicted molar refractivity (Wildman–Crippen MR) is 142 cm³/mol. The van der Waals surface area contributed by atoms with Gasteiger partial charge in [-0.3, -0.25) is 9.69 Å². The van der Waals surface area contributed by atoms with E-state index in [1.165, 1.54) is 11.1 Å². The summed E-state index contributed by atoms with van der Waals surface area (Å²) < 4.78 is 6.30. The van der Waals surface area contributed by atoms with Crippen molar-refractivity contribution >= 4 is 16.7 Å². The number of amides is 1. The molecule has 0 spiro atoms. The molecule has 178 valence electrons. The summed E-state index contributed by atoms with van der Waals surface area (Å²) in [6.45, 7) is 5.06. The number of piperazine rings is 1. The van der Waals surface area contributed by atoms with Crippen LogP contribution in [-0.4, -0.2) is 48.0 Å². The van der Waals surface area contributed by atoms with Crippen LogP contribution in [0.25, 0.3) is 10.8 Å². The Labute approximate surface area is 207 Å². The minimum absolute atomic E-state index is 0.0797. The van der Waals surface area contributed by atoms with Crippen molar-refractivity contribution in [2.75, 3.05) is 26.2 Å². The largest absolute Gasteiger partial charge is 0.480 e. The number of carbonyl (C=O) groups excluding carboxylic acids is 1. The first kappa shape index (κ1) is 23.1. The molecule has 0 bridgehead atoms. The first-order chi connectivity index (χ1) is 17.2. The normalized spacial score (nSPS) is 15.3. The number of hydrogen-bond acceptors (Lipinski definition) is 3. The molecule has 0 radical (unpaired) electrons. The fourth-order valence-electron chi connectivity index (χ4n) is 5.05. The van der Waals surface area contributed by atoms with Crippen molar-refractivity contribution in [3.63, 3.8) is 0 Å². The van der Waals surface area contributed by atoms with E-state index < -0.39 is 6.10 Å². The van der Waals surface area contributed by atoms with Gasteiger partial charge in [-0.2, -0.15) is 0 Å². The number of carbonyl (C=O) groups is 1. The lowest BCUT2D eigenvalue weighted by Gasteiger charge is -2.40. The molecule has 1 heterocycles. The second-order valence-electron chi connectivity index (χ2n) is 9.08. The number of fused-ring (bicyclic) bond motifs is 1. The van der Waals surface area contributed by atoms with Crippen LogP contribution in [0.4, 0.5) is 0 Å². The van der Waals surface area contributed by atoms with Gasteiger partial charge in [-0.15, -0.1) is 0 Å². The zero-order valence-electron chi connectivity index (χ0n) is 20.2. The minimum Gasteiger partial charge on any atom is -0.480 e. The molecule has 1 atom stereocenters. The third-order valence-electron chi connectivity index (χ3n) is 6.89. The Morgan fingerprint density at radius 3 is 1.94 bits per heavy atom. The quantitative estimate of drug-likeness (QED) is 0.340. The maximum absolute atomic E-state index is 13.5. The molecule has 5 rings (SSSR count). The van der Waals surface area contributed by atoms with E-state index in [2.05, 4.69) is 77.7 Å². The highest BCUT2D eigenvalue weighted by atomic mass is 16.5. The van der Waals surface area contributed by atoms with E-state index in [4.69, 9.17) is 4.74 Å². The molecule has 1 aliphatic rings. The smallest absolute Gasteiger partial charge is 0.263 e. The van der Waals surface area contributed by atoms with E-state index in [1.54, 1.807) is 0 Å². The first-order valence-electron chi connectivity index (χ1n) is 12.5. The average Bonchev–Trinajstić information content (AvgIpc) is 2.93. The van der Waals surface area contributed by atoms with Crippen molar-refractivity contribution in [2.45, 2.75) is 25.5 Å². The van der Waals surface area contributed by atoms with E-state index >= 15 is 0 Å². The summed E-state index contributed by atoms with van der Waals surface area (Å²) >= 11 is 0. The molecule has 0 saturated carbocycles. The molecular weight excluding hydrogens is 432 g/mol. The lowest BCUT2D eigenvalue weighted by Crippen LogP contribution is -2.53. The van der Waals surface area contributed by atoms with Gasteiger partial charge in [0.15, 0.2) is 6.10 Å². The zero-order chi connectivity index (χ0) is 24.0. The number of rotatable bonds is 7. The van der Waals surface area contributed by atoms with Gasteiger partial charge in [0.2, 0.25) is 0 Å². The van der Waals surface area contributed by atoms with Gasteiger partial charge >= 0.3 is 0 Å². The van der Waals surface area contributed by atoms with Gasteiger partial charge in [0.05, 0.1) is 6.04 Å².